The molecular weight excluding hydrogens is 280 g/mol. The Morgan fingerprint density at radius 3 is 2.44 bits per heavy atom. The summed E-state index contributed by atoms with van der Waals surface area (Å²) in [5.41, 5.74) is -0.277. The zero-order valence-electron chi connectivity index (χ0n) is 9.51. The number of benzene rings is 1. The molecule has 0 saturated heterocycles. The Labute approximate surface area is 109 Å². The summed E-state index contributed by atoms with van der Waals surface area (Å²) in [6.45, 7) is 1.29. The van der Waals surface area contributed by atoms with Gasteiger partial charge in [-0.1, -0.05) is 11.6 Å². The van der Waals surface area contributed by atoms with Crippen molar-refractivity contribution in [1.82, 2.24) is 0 Å². The summed E-state index contributed by atoms with van der Waals surface area (Å²) in [5.74, 6) is -1.89. The summed E-state index contributed by atoms with van der Waals surface area (Å²) in [4.78, 5) is 21.5. The number of hydrogen-bond donors (Lipinski definition) is 1. The highest BCUT2D eigenvalue weighted by Crippen LogP contribution is 2.21. The molecule has 0 aliphatic rings. The molecule has 0 aromatic heterocycles. The number of aromatic carboxylic acids is 1. The molecule has 0 aliphatic carbocycles. The molecule has 1 rings (SSSR count). The third-order valence-electron chi connectivity index (χ3n) is 2.25. The van der Waals surface area contributed by atoms with E-state index in [2.05, 4.69) is 0 Å². The smallest absolute Gasteiger partial charge is 0.337 e. The van der Waals surface area contributed by atoms with Gasteiger partial charge in [-0.25, -0.2) is 13.2 Å². The number of carboxylic acid groups (broad SMARTS) is 1. The highest BCUT2D eigenvalue weighted by Gasteiger charge is 2.18. The Morgan fingerprint density at radius 2 is 1.94 bits per heavy atom. The lowest BCUT2D eigenvalue weighted by Crippen LogP contribution is -2.11. The van der Waals surface area contributed by atoms with Gasteiger partial charge in [0.05, 0.1) is 21.2 Å². The number of sulfone groups is 1. The minimum absolute atomic E-state index is 0.0342. The van der Waals surface area contributed by atoms with Crippen molar-refractivity contribution in [2.24, 2.45) is 0 Å². The van der Waals surface area contributed by atoms with E-state index in [1.807, 2.05) is 0 Å². The largest absolute Gasteiger partial charge is 0.478 e. The van der Waals surface area contributed by atoms with Gasteiger partial charge < -0.3 is 5.11 Å². The molecule has 0 saturated carbocycles. The van der Waals surface area contributed by atoms with Crippen molar-refractivity contribution >= 4 is 33.2 Å². The van der Waals surface area contributed by atoms with Gasteiger partial charge in [-0.15, -0.1) is 0 Å². The van der Waals surface area contributed by atoms with Gasteiger partial charge in [-0.2, -0.15) is 0 Å². The van der Waals surface area contributed by atoms with E-state index in [0.29, 0.717) is 0 Å². The maximum absolute atomic E-state index is 11.8. The fraction of sp³-hybridized carbons (Fsp3) is 0.273. The van der Waals surface area contributed by atoms with Gasteiger partial charge in [-0.3, -0.25) is 4.79 Å². The van der Waals surface area contributed by atoms with Gasteiger partial charge in [0, 0.05) is 6.42 Å². The lowest BCUT2D eigenvalue weighted by atomic mass is 10.2. The van der Waals surface area contributed by atoms with E-state index in [-0.39, 0.29) is 33.4 Å². The van der Waals surface area contributed by atoms with Crippen LogP contribution in [0, 0.1) is 0 Å². The van der Waals surface area contributed by atoms with Gasteiger partial charge in [0.25, 0.3) is 0 Å². The fourth-order valence-corrected chi connectivity index (χ4v) is 2.82. The highest BCUT2D eigenvalue weighted by molar-refractivity contribution is 7.91. The lowest BCUT2D eigenvalue weighted by Gasteiger charge is -2.05. The number of Topliss-reactive ketones (excluding diaryl/α,β-unsaturated/α-hetero) is 1. The summed E-state index contributed by atoms with van der Waals surface area (Å²) in [6, 6.07) is 3.44. The molecule has 5 nitrogen and oxygen atoms in total. The Bertz CT molecular complexity index is 591. The maximum atomic E-state index is 11.8. The molecular formula is C11H11ClO5S. The molecule has 0 atom stereocenters. The molecule has 0 radical (unpaired) electrons. The Kier molecular flexibility index (Phi) is 4.48. The second kappa shape index (κ2) is 5.49. The monoisotopic (exact) mass is 290 g/mol. The molecule has 18 heavy (non-hydrogen) atoms. The second-order valence-electron chi connectivity index (χ2n) is 3.72. The summed E-state index contributed by atoms with van der Waals surface area (Å²) in [7, 11) is -3.67. The molecule has 1 N–H and O–H groups in total. The lowest BCUT2D eigenvalue weighted by molar-refractivity contribution is -0.116. The predicted octanol–water partition coefficient (Wildman–Crippen LogP) is 1.79. The standard InChI is InChI=1S/C11H11ClO5S/c1-7(13)4-5-18(16,17)8-2-3-10(12)9(6-8)11(14)15/h2-3,6H,4-5H2,1H3,(H,14,15). The van der Waals surface area contributed by atoms with Crippen LogP contribution >= 0.6 is 11.6 Å². The normalized spacial score (nSPS) is 11.2. The fourth-order valence-electron chi connectivity index (χ4n) is 1.26. The Morgan fingerprint density at radius 1 is 1.33 bits per heavy atom. The number of ketones is 1. The number of rotatable bonds is 5. The third-order valence-corrected chi connectivity index (χ3v) is 4.29. The predicted molar refractivity (Wildman–Crippen MR) is 65.8 cm³/mol. The molecule has 0 heterocycles. The van der Waals surface area contributed by atoms with Crippen LogP contribution in [0.2, 0.25) is 5.02 Å². The molecule has 0 bridgehead atoms. The van der Waals surface area contributed by atoms with Gasteiger partial charge in [0.15, 0.2) is 9.84 Å². The average molecular weight is 291 g/mol. The summed E-state index contributed by atoms with van der Waals surface area (Å²) in [6.07, 6.45) is -0.104. The van der Waals surface area contributed by atoms with Crippen molar-refractivity contribution in [1.29, 1.82) is 0 Å². The van der Waals surface area contributed by atoms with Crippen molar-refractivity contribution in [2.75, 3.05) is 5.75 Å². The molecule has 0 spiro atoms. The first kappa shape index (κ1) is 14.7. The molecule has 7 heteroatoms. The van der Waals surface area contributed by atoms with Crippen LogP contribution in [0.3, 0.4) is 0 Å². The molecule has 0 unspecified atom stereocenters. The number of carbonyl (C=O) groups excluding carboxylic acids is 1. The number of carbonyl (C=O) groups is 2. The van der Waals surface area contributed by atoms with Crippen LogP contribution in [0.15, 0.2) is 23.1 Å². The van der Waals surface area contributed by atoms with Gasteiger partial charge >= 0.3 is 5.97 Å². The van der Waals surface area contributed by atoms with Crippen molar-refractivity contribution in [3.05, 3.63) is 28.8 Å². The molecule has 0 aliphatic heterocycles. The van der Waals surface area contributed by atoms with Crippen LogP contribution < -0.4 is 0 Å². The molecule has 1 aromatic rings. The van der Waals surface area contributed by atoms with Crippen molar-refractivity contribution in [3.63, 3.8) is 0 Å². The van der Waals surface area contributed by atoms with Crippen molar-refractivity contribution in [3.8, 4) is 0 Å². The topological polar surface area (TPSA) is 88.5 Å². The zero-order chi connectivity index (χ0) is 13.9. The number of halogens is 1. The molecule has 98 valence electrons. The summed E-state index contributed by atoms with van der Waals surface area (Å²) in [5, 5.41) is 8.81. The van der Waals surface area contributed by atoms with Gasteiger partial charge in [0.1, 0.15) is 5.78 Å². The van der Waals surface area contributed by atoms with Gasteiger partial charge in [-0.05, 0) is 25.1 Å². The Balaban J connectivity index is 3.14. The second-order valence-corrected chi connectivity index (χ2v) is 6.23. The molecule has 0 amide bonds. The molecule has 0 fully saturated rings. The highest BCUT2D eigenvalue weighted by atomic mass is 35.5. The average Bonchev–Trinajstić information content (AvgIpc) is 2.26. The zero-order valence-corrected chi connectivity index (χ0v) is 11.1. The van der Waals surface area contributed by atoms with Crippen molar-refractivity contribution in [2.45, 2.75) is 18.2 Å². The number of carboxylic acids is 1. The first-order valence-corrected chi connectivity index (χ1v) is 7.02. The van der Waals surface area contributed by atoms with E-state index >= 15 is 0 Å². The van der Waals surface area contributed by atoms with Crippen LogP contribution in [0.5, 0.6) is 0 Å². The van der Waals surface area contributed by atoms with Crippen LogP contribution in [-0.2, 0) is 14.6 Å². The van der Waals surface area contributed by atoms with Crippen LogP contribution in [0.25, 0.3) is 0 Å². The minimum Gasteiger partial charge on any atom is -0.478 e. The quantitative estimate of drug-likeness (QED) is 0.893. The molecule has 1 aromatic carbocycles. The Hall–Kier alpha value is -1.40. The van der Waals surface area contributed by atoms with Gasteiger partial charge in [0.2, 0.25) is 0 Å². The minimum atomic E-state index is -3.67. The van der Waals surface area contributed by atoms with E-state index in [1.54, 1.807) is 0 Å². The van der Waals surface area contributed by atoms with E-state index in [4.69, 9.17) is 16.7 Å². The third kappa shape index (κ3) is 3.54. The van der Waals surface area contributed by atoms with Crippen LogP contribution in [-0.4, -0.2) is 31.0 Å². The number of hydrogen-bond acceptors (Lipinski definition) is 4. The van der Waals surface area contributed by atoms with E-state index in [1.165, 1.54) is 19.1 Å². The van der Waals surface area contributed by atoms with Crippen molar-refractivity contribution < 1.29 is 23.1 Å². The van der Waals surface area contributed by atoms with Crippen LogP contribution in [0.1, 0.15) is 23.7 Å². The summed E-state index contributed by atoms with van der Waals surface area (Å²) >= 11 is 5.64. The maximum Gasteiger partial charge on any atom is 0.337 e. The van der Waals surface area contributed by atoms with E-state index in [9.17, 15) is 18.0 Å². The first-order valence-electron chi connectivity index (χ1n) is 4.99. The van der Waals surface area contributed by atoms with E-state index in [0.717, 1.165) is 6.07 Å². The van der Waals surface area contributed by atoms with E-state index < -0.39 is 15.8 Å². The SMILES string of the molecule is CC(=O)CCS(=O)(=O)c1ccc(Cl)c(C(=O)O)c1. The van der Waals surface area contributed by atoms with Crippen LogP contribution in [0.4, 0.5) is 0 Å². The first-order chi connectivity index (χ1) is 8.24. The summed E-state index contributed by atoms with van der Waals surface area (Å²) < 4.78 is 23.7.